The first-order valence-corrected chi connectivity index (χ1v) is 8.89. The van der Waals surface area contributed by atoms with E-state index in [1.165, 1.54) is 0 Å². The predicted octanol–water partition coefficient (Wildman–Crippen LogP) is 3.91. The van der Waals surface area contributed by atoms with E-state index in [1.54, 1.807) is 41.3 Å². The Balaban J connectivity index is 1.65. The summed E-state index contributed by atoms with van der Waals surface area (Å²) in [6, 6.07) is 13.7. The van der Waals surface area contributed by atoms with Crippen LogP contribution < -0.4 is 5.32 Å². The molecule has 0 spiro atoms. The van der Waals surface area contributed by atoms with Gasteiger partial charge in [0.25, 0.3) is 5.91 Å². The SMILES string of the molecule is O=C(NCc1ccc(Cl)cc1)C1CCCN1C(=O)c1cccc(Cl)c1. The molecule has 130 valence electrons. The minimum Gasteiger partial charge on any atom is -0.350 e. The summed E-state index contributed by atoms with van der Waals surface area (Å²) in [7, 11) is 0. The number of benzene rings is 2. The van der Waals surface area contributed by atoms with Gasteiger partial charge in [-0.1, -0.05) is 41.4 Å². The van der Waals surface area contributed by atoms with Crippen LogP contribution in [0.5, 0.6) is 0 Å². The fourth-order valence-electron chi connectivity index (χ4n) is 2.98. The van der Waals surface area contributed by atoms with Crippen LogP contribution in [-0.2, 0) is 11.3 Å². The Bertz CT molecular complexity index is 777. The standard InChI is InChI=1S/C19H18Cl2N2O2/c20-15-8-6-13(7-9-15)12-22-18(24)17-5-2-10-23(17)19(25)14-3-1-4-16(21)11-14/h1,3-4,6-9,11,17H,2,5,10,12H2,(H,22,24). The number of rotatable bonds is 4. The van der Waals surface area contributed by atoms with E-state index in [0.29, 0.717) is 35.1 Å². The van der Waals surface area contributed by atoms with Crippen molar-refractivity contribution in [3.63, 3.8) is 0 Å². The van der Waals surface area contributed by atoms with Gasteiger partial charge < -0.3 is 10.2 Å². The lowest BCUT2D eigenvalue weighted by molar-refractivity contribution is -0.125. The molecule has 4 nitrogen and oxygen atoms in total. The molecule has 0 bridgehead atoms. The second-order valence-corrected chi connectivity index (χ2v) is 6.88. The van der Waals surface area contributed by atoms with Crippen molar-refractivity contribution >= 4 is 35.0 Å². The van der Waals surface area contributed by atoms with Gasteiger partial charge in [0.05, 0.1) is 0 Å². The van der Waals surface area contributed by atoms with Gasteiger partial charge in [-0.05, 0) is 48.7 Å². The fourth-order valence-corrected chi connectivity index (χ4v) is 3.30. The number of hydrogen-bond donors (Lipinski definition) is 1. The molecule has 0 saturated carbocycles. The van der Waals surface area contributed by atoms with Crippen LogP contribution in [0.3, 0.4) is 0 Å². The van der Waals surface area contributed by atoms with Gasteiger partial charge in [-0.15, -0.1) is 0 Å². The number of likely N-dealkylation sites (tertiary alicyclic amines) is 1. The maximum absolute atomic E-state index is 12.7. The molecule has 1 fully saturated rings. The van der Waals surface area contributed by atoms with Crippen molar-refractivity contribution < 1.29 is 9.59 Å². The highest BCUT2D eigenvalue weighted by atomic mass is 35.5. The number of hydrogen-bond acceptors (Lipinski definition) is 2. The van der Waals surface area contributed by atoms with E-state index in [9.17, 15) is 9.59 Å². The Morgan fingerprint density at radius 3 is 2.56 bits per heavy atom. The predicted molar refractivity (Wildman–Crippen MR) is 98.8 cm³/mol. The van der Waals surface area contributed by atoms with Crippen molar-refractivity contribution in [3.8, 4) is 0 Å². The molecule has 1 N–H and O–H groups in total. The minimum atomic E-state index is -0.446. The Morgan fingerprint density at radius 2 is 1.84 bits per heavy atom. The molecule has 0 radical (unpaired) electrons. The van der Waals surface area contributed by atoms with E-state index in [0.717, 1.165) is 12.0 Å². The summed E-state index contributed by atoms with van der Waals surface area (Å²) in [5, 5.41) is 4.07. The molecule has 1 heterocycles. The normalized spacial score (nSPS) is 16.7. The molecule has 1 saturated heterocycles. The highest BCUT2D eigenvalue weighted by molar-refractivity contribution is 6.31. The number of carbonyl (C=O) groups is 2. The van der Waals surface area contributed by atoms with Gasteiger partial charge >= 0.3 is 0 Å². The molecule has 0 aliphatic carbocycles. The van der Waals surface area contributed by atoms with Gasteiger partial charge in [-0.2, -0.15) is 0 Å². The molecular weight excluding hydrogens is 359 g/mol. The first-order valence-electron chi connectivity index (χ1n) is 8.13. The molecule has 2 amide bonds. The van der Waals surface area contributed by atoms with Gasteiger partial charge in [0.1, 0.15) is 6.04 Å². The van der Waals surface area contributed by atoms with Crippen LogP contribution in [0, 0.1) is 0 Å². The van der Waals surface area contributed by atoms with Crippen molar-refractivity contribution in [2.24, 2.45) is 0 Å². The summed E-state index contributed by atoms with van der Waals surface area (Å²) in [5.41, 5.74) is 1.47. The van der Waals surface area contributed by atoms with Gasteiger partial charge in [0, 0.05) is 28.7 Å². The number of amides is 2. The summed E-state index contributed by atoms with van der Waals surface area (Å²) in [6.07, 6.45) is 1.48. The maximum Gasteiger partial charge on any atom is 0.254 e. The molecular formula is C19H18Cl2N2O2. The highest BCUT2D eigenvalue weighted by Gasteiger charge is 2.34. The first-order chi connectivity index (χ1) is 12.0. The van der Waals surface area contributed by atoms with Crippen LogP contribution in [0.2, 0.25) is 10.0 Å². The molecule has 1 atom stereocenters. The highest BCUT2D eigenvalue weighted by Crippen LogP contribution is 2.22. The van der Waals surface area contributed by atoms with Crippen LogP contribution in [0.25, 0.3) is 0 Å². The van der Waals surface area contributed by atoms with Gasteiger partial charge in [-0.3, -0.25) is 9.59 Å². The van der Waals surface area contributed by atoms with Crippen LogP contribution in [0.15, 0.2) is 48.5 Å². The lowest BCUT2D eigenvalue weighted by Gasteiger charge is -2.24. The lowest BCUT2D eigenvalue weighted by atomic mass is 10.1. The summed E-state index contributed by atoms with van der Waals surface area (Å²) in [6.45, 7) is 0.982. The van der Waals surface area contributed by atoms with E-state index in [4.69, 9.17) is 23.2 Å². The van der Waals surface area contributed by atoms with E-state index in [-0.39, 0.29) is 11.8 Å². The van der Waals surface area contributed by atoms with Crippen molar-refractivity contribution in [1.82, 2.24) is 10.2 Å². The average Bonchev–Trinajstić information content (AvgIpc) is 3.10. The zero-order valence-electron chi connectivity index (χ0n) is 13.5. The van der Waals surface area contributed by atoms with E-state index >= 15 is 0 Å². The second kappa shape index (κ2) is 7.89. The third-order valence-corrected chi connectivity index (χ3v) is 4.75. The van der Waals surface area contributed by atoms with Gasteiger partial charge in [-0.25, -0.2) is 0 Å². The van der Waals surface area contributed by atoms with Crippen LogP contribution in [0.4, 0.5) is 0 Å². The zero-order valence-corrected chi connectivity index (χ0v) is 15.1. The number of nitrogens with zero attached hydrogens (tertiary/aromatic N) is 1. The van der Waals surface area contributed by atoms with Crippen molar-refractivity contribution in [2.75, 3.05) is 6.54 Å². The summed E-state index contributed by atoms with van der Waals surface area (Å²) >= 11 is 11.8. The Morgan fingerprint density at radius 1 is 1.08 bits per heavy atom. The lowest BCUT2D eigenvalue weighted by Crippen LogP contribution is -2.45. The van der Waals surface area contributed by atoms with Crippen LogP contribution in [-0.4, -0.2) is 29.3 Å². The van der Waals surface area contributed by atoms with Crippen LogP contribution in [0.1, 0.15) is 28.8 Å². The molecule has 6 heteroatoms. The topological polar surface area (TPSA) is 49.4 Å². The van der Waals surface area contributed by atoms with Crippen LogP contribution >= 0.6 is 23.2 Å². The molecule has 25 heavy (non-hydrogen) atoms. The second-order valence-electron chi connectivity index (χ2n) is 6.01. The monoisotopic (exact) mass is 376 g/mol. The summed E-state index contributed by atoms with van der Waals surface area (Å²) in [5.74, 6) is -0.297. The number of nitrogens with one attached hydrogen (secondary N) is 1. The third-order valence-electron chi connectivity index (χ3n) is 4.27. The molecule has 1 aliphatic heterocycles. The maximum atomic E-state index is 12.7. The first kappa shape index (κ1) is 17.8. The molecule has 2 aromatic carbocycles. The number of carbonyl (C=O) groups excluding carboxylic acids is 2. The molecule has 0 aromatic heterocycles. The van der Waals surface area contributed by atoms with Crippen molar-refractivity contribution in [3.05, 3.63) is 69.7 Å². The fraction of sp³-hybridized carbons (Fsp3) is 0.263. The summed E-state index contributed by atoms with van der Waals surface area (Å²) < 4.78 is 0. The van der Waals surface area contributed by atoms with Crippen molar-refractivity contribution in [2.45, 2.75) is 25.4 Å². The average molecular weight is 377 g/mol. The van der Waals surface area contributed by atoms with Gasteiger partial charge in [0.2, 0.25) is 5.91 Å². The van der Waals surface area contributed by atoms with Gasteiger partial charge in [0.15, 0.2) is 0 Å². The van der Waals surface area contributed by atoms with Crippen molar-refractivity contribution in [1.29, 1.82) is 0 Å². The Kier molecular flexibility index (Phi) is 5.61. The largest absolute Gasteiger partial charge is 0.350 e. The summed E-state index contributed by atoms with van der Waals surface area (Å²) in [4.78, 5) is 26.9. The molecule has 2 aromatic rings. The molecule has 1 aliphatic rings. The van der Waals surface area contributed by atoms with E-state index < -0.39 is 6.04 Å². The molecule has 1 unspecified atom stereocenters. The smallest absolute Gasteiger partial charge is 0.254 e. The third kappa shape index (κ3) is 4.33. The minimum absolute atomic E-state index is 0.136. The Hall–Kier alpha value is -2.04. The zero-order chi connectivity index (χ0) is 17.8. The molecule has 3 rings (SSSR count). The van der Waals surface area contributed by atoms with E-state index in [2.05, 4.69) is 5.32 Å². The quantitative estimate of drug-likeness (QED) is 0.878. The number of halogens is 2. The Labute approximate surface area is 156 Å². The van der Waals surface area contributed by atoms with E-state index in [1.807, 2.05) is 12.1 Å².